The molecule has 5 amide bonds. The first-order valence-electron chi connectivity index (χ1n) is 10.2. The molecule has 0 aromatic heterocycles. The second kappa shape index (κ2) is 9.22. The van der Waals surface area contributed by atoms with Crippen LogP contribution in [0.5, 0.6) is 0 Å². The highest BCUT2D eigenvalue weighted by Crippen LogP contribution is 2.26. The Kier molecular flexibility index (Phi) is 6.03. The molecule has 0 bridgehead atoms. The van der Waals surface area contributed by atoms with Gasteiger partial charge in [-0.1, -0.05) is 36.4 Å². The van der Waals surface area contributed by atoms with E-state index in [9.17, 15) is 14.4 Å². The number of amides is 5. The largest absolute Gasteiger partial charge is 0.331 e. The number of fused-ring (bicyclic) bond motifs is 1. The Morgan fingerprint density at radius 3 is 2.22 bits per heavy atom. The average Bonchev–Trinajstić information content (AvgIpc) is 3.13. The molecule has 162 valence electrons. The van der Waals surface area contributed by atoms with Crippen LogP contribution >= 0.6 is 0 Å². The number of hydrogen-bond donors (Lipinski definition) is 5. The Hall–Kier alpha value is -4.33. The van der Waals surface area contributed by atoms with Gasteiger partial charge >= 0.3 is 12.1 Å². The van der Waals surface area contributed by atoms with Crippen LogP contribution in [0.3, 0.4) is 0 Å². The minimum absolute atomic E-state index is 0.0264. The predicted molar refractivity (Wildman–Crippen MR) is 125 cm³/mol. The van der Waals surface area contributed by atoms with E-state index in [2.05, 4.69) is 26.6 Å². The standard InChI is InChI=1S/C24H23N5O3/c1-15(16-10-11-21-17(12-16)13-22(30)29-21)25-23(31)27-19-8-5-9-20(14-19)28-24(32)26-18-6-3-2-4-7-18/h2-12,14-15H,13H2,1H3,(H,29,30)(H2,25,27,31)(H2,26,28,32). The van der Waals surface area contributed by atoms with Gasteiger partial charge in [-0.3, -0.25) is 4.79 Å². The first-order chi connectivity index (χ1) is 15.5. The van der Waals surface area contributed by atoms with Gasteiger partial charge in [-0.2, -0.15) is 0 Å². The third kappa shape index (κ3) is 5.23. The van der Waals surface area contributed by atoms with Crippen LogP contribution in [-0.2, 0) is 11.2 Å². The van der Waals surface area contributed by atoms with Crippen molar-refractivity contribution < 1.29 is 14.4 Å². The fourth-order valence-corrected chi connectivity index (χ4v) is 3.46. The molecule has 8 nitrogen and oxygen atoms in total. The minimum atomic E-state index is -0.379. The number of hydrogen-bond acceptors (Lipinski definition) is 3. The lowest BCUT2D eigenvalue weighted by atomic mass is 10.0. The molecular formula is C24H23N5O3. The summed E-state index contributed by atoms with van der Waals surface area (Å²) in [6.07, 6.45) is 0.347. The molecule has 3 aromatic rings. The Labute approximate surface area is 185 Å². The third-order valence-corrected chi connectivity index (χ3v) is 5.01. The van der Waals surface area contributed by atoms with Crippen molar-refractivity contribution in [1.29, 1.82) is 0 Å². The van der Waals surface area contributed by atoms with Gasteiger partial charge in [0, 0.05) is 22.7 Å². The number of carbonyl (C=O) groups is 3. The average molecular weight is 429 g/mol. The first-order valence-corrected chi connectivity index (χ1v) is 10.2. The number of anilines is 4. The van der Waals surface area contributed by atoms with Gasteiger partial charge in [0.05, 0.1) is 12.5 Å². The van der Waals surface area contributed by atoms with E-state index in [1.165, 1.54) is 0 Å². The summed E-state index contributed by atoms with van der Waals surface area (Å²) in [6.45, 7) is 1.87. The topological polar surface area (TPSA) is 111 Å². The van der Waals surface area contributed by atoms with Crippen molar-refractivity contribution in [3.05, 3.63) is 83.9 Å². The van der Waals surface area contributed by atoms with E-state index >= 15 is 0 Å². The number of para-hydroxylation sites is 1. The van der Waals surface area contributed by atoms with E-state index in [0.717, 1.165) is 16.8 Å². The number of rotatable bonds is 5. The summed E-state index contributed by atoms with van der Waals surface area (Å²) in [6, 6.07) is 20.6. The van der Waals surface area contributed by atoms with Crippen molar-refractivity contribution in [2.45, 2.75) is 19.4 Å². The van der Waals surface area contributed by atoms with Crippen molar-refractivity contribution in [2.24, 2.45) is 0 Å². The summed E-state index contributed by atoms with van der Waals surface area (Å²) in [5.74, 6) is -0.0264. The molecule has 1 atom stereocenters. The molecule has 0 fully saturated rings. The van der Waals surface area contributed by atoms with Crippen LogP contribution < -0.4 is 26.6 Å². The van der Waals surface area contributed by atoms with Gasteiger partial charge in [0.1, 0.15) is 0 Å². The summed E-state index contributed by atoms with van der Waals surface area (Å²) in [7, 11) is 0. The SMILES string of the molecule is CC(NC(=O)Nc1cccc(NC(=O)Nc2ccccc2)c1)c1ccc2c(c1)CC(=O)N2. The van der Waals surface area contributed by atoms with Gasteiger partial charge in [0.2, 0.25) is 5.91 Å². The Balaban J connectivity index is 1.33. The first kappa shape index (κ1) is 20.9. The smallest absolute Gasteiger partial charge is 0.323 e. The van der Waals surface area contributed by atoms with Crippen molar-refractivity contribution in [3.8, 4) is 0 Å². The number of urea groups is 2. The second-order valence-electron chi connectivity index (χ2n) is 7.49. The fraction of sp³-hybridized carbons (Fsp3) is 0.125. The fourth-order valence-electron chi connectivity index (χ4n) is 3.46. The van der Waals surface area contributed by atoms with Crippen LogP contribution in [0, 0.1) is 0 Å². The molecular weight excluding hydrogens is 406 g/mol. The Morgan fingerprint density at radius 1 is 0.812 bits per heavy atom. The van der Waals surface area contributed by atoms with E-state index in [4.69, 9.17) is 0 Å². The maximum atomic E-state index is 12.5. The number of benzene rings is 3. The van der Waals surface area contributed by atoms with Crippen molar-refractivity contribution in [1.82, 2.24) is 5.32 Å². The zero-order valence-electron chi connectivity index (χ0n) is 17.4. The van der Waals surface area contributed by atoms with E-state index in [1.54, 1.807) is 36.4 Å². The van der Waals surface area contributed by atoms with E-state index in [0.29, 0.717) is 23.5 Å². The van der Waals surface area contributed by atoms with Crippen LogP contribution in [0.25, 0.3) is 0 Å². The molecule has 0 saturated carbocycles. The molecule has 8 heteroatoms. The molecule has 3 aromatic carbocycles. The molecule has 1 unspecified atom stereocenters. The van der Waals surface area contributed by atoms with Gasteiger partial charge in [-0.25, -0.2) is 9.59 Å². The highest BCUT2D eigenvalue weighted by atomic mass is 16.2. The maximum Gasteiger partial charge on any atom is 0.323 e. The summed E-state index contributed by atoms with van der Waals surface area (Å²) in [5, 5.41) is 13.9. The van der Waals surface area contributed by atoms with Gasteiger partial charge in [0.25, 0.3) is 0 Å². The normalized spacial score (nSPS) is 12.8. The molecule has 5 N–H and O–H groups in total. The van der Waals surface area contributed by atoms with Gasteiger partial charge in [-0.15, -0.1) is 0 Å². The van der Waals surface area contributed by atoms with Crippen molar-refractivity contribution in [2.75, 3.05) is 21.3 Å². The lowest BCUT2D eigenvalue weighted by Crippen LogP contribution is -2.31. The number of nitrogens with one attached hydrogen (secondary N) is 5. The van der Waals surface area contributed by atoms with E-state index in [-0.39, 0.29) is 24.0 Å². The highest BCUT2D eigenvalue weighted by molar-refractivity contribution is 6.00. The van der Waals surface area contributed by atoms with Gasteiger partial charge < -0.3 is 26.6 Å². The Morgan fingerprint density at radius 2 is 1.47 bits per heavy atom. The molecule has 0 aliphatic carbocycles. The number of carbonyl (C=O) groups excluding carboxylic acids is 3. The molecule has 4 rings (SSSR count). The van der Waals surface area contributed by atoms with Crippen LogP contribution in [-0.4, -0.2) is 18.0 Å². The monoisotopic (exact) mass is 429 g/mol. The van der Waals surface area contributed by atoms with Crippen LogP contribution in [0.2, 0.25) is 0 Å². The Bertz CT molecular complexity index is 1160. The molecule has 32 heavy (non-hydrogen) atoms. The lowest BCUT2D eigenvalue weighted by Gasteiger charge is -2.16. The summed E-state index contributed by atoms with van der Waals surface area (Å²) < 4.78 is 0. The van der Waals surface area contributed by atoms with Crippen molar-refractivity contribution >= 4 is 40.7 Å². The quantitative estimate of drug-likeness (QED) is 0.405. The minimum Gasteiger partial charge on any atom is -0.331 e. The van der Waals surface area contributed by atoms with Crippen molar-refractivity contribution in [3.63, 3.8) is 0 Å². The molecule has 0 spiro atoms. The summed E-state index contributed by atoms with van der Waals surface area (Å²) >= 11 is 0. The molecule has 1 heterocycles. The predicted octanol–water partition coefficient (Wildman–Crippen LogP) is 4.71. The molecule has 1 aliphatic heterocycles. The molecule has 1 aliphatic rings. The molecule has 0 saturated heterocycles. The second-order valence-corrected chi connectivity index (χ2v) is 7.49. The van der Waals surface area contributed by atoms with Crippen LogP contribution in [0.1, 0.15) is 24.1 Å². The van der Waals surface area contributed by atoms with E-state index in [1.807, 2.05) is 43.3 Å². The van der Waals surface area contributed by atoms with Gasteiger partial charge in [0.15, 0.2) is 0 Å². The maximum absolute atomic E-state index is 12.5. The summed E-state index contributed by atoms with van der Waals surface area (Å²) in [5.41, 5.74) is 4.41. The summed E-state index contributed by atoms with van der Waals surface area (Å²) in [4.78, 5) is 36.2. The zero-order valence-corrected chi connectivity index (χ0v) is 17.4. The van der Waals surface area contributed by atoms with Gasteiger partial charge in [-0.05, 0) is 54.4 Å². The van der Waals surface area contributed by atoms with E-state index < -0.39 is 0 Å². The van der Waals surface area contributed by atoms with Crippen LogP contribution in [0.4, 0.5) is 32.3 Å². The molecule has 0 radical (unpaired) electrons. The highest BCUT2D eigenvalue weighted by Gasteiger charge is 2.19. The third-order valence-electron chi connectivity index (χ3n) is 5.01. The van der Waals surface area contributed by atoms with Crippen LogP contribution in [0.15, 0.2) is 72.8 Å². The lowest BCUT2D eigenvalue weighted by molar-refractivity contribution is -0.115. The zero-order chi connectivity index (χ0) is 22.5.